The van der Waals surface area contributed by atoms with Crippen molar-refractivity contribution < 1.29 is 9.53 Å². The minimum absolute atomic E-state index is 0.140. The van der Waals surface area contributed by atoms with Gasteiger partial charge in [-0.1, -0.05) is 30.9 Å². The van der Waals surface area contributed by atoms with E-state index in [4.69, 9.17) is 16.3 Å². The predicted octanol–water partition coefficient (Wildman–Crippen LogP) is 3.97. The van der Waals surface area contributed by atoms with Crippen molar-refractivity contribution in [3.05, 3.63) is 29.3 Å². The van der Waals surface area contributed by atoms with Crippen LogP contribution in [0, 0.1) is 0 Å². The van der Waals surface area contributed by atoms with E-state index in [1.54, 1.807) is 11.8 Å². The van der Waals surface area contributed by atoms with Crippen molar-refractivity contribution in [3.8, 4) is 0 Å². The third-order valence-corrected chi connectivity index (χ3v) is 6.76. The second kappa shape index (κ2) is 9.98. The molecule has 2 aliphatic rings. The van der Waals surface area contributed by atoms with Gasteiger partial charge in [0.05, 0.1) is 13.2 Å². The summed E-state index contributed by atoms with van der Waals surface area (Å²) < 4.78 is 5.52. The number of rotatable bonds is 7. The van der Waals surface area contributed by atoms with E-state index in [2.05, 4.69) is 10.2 Å². The number of hydrogen-bond acceptors (Lipinski definition) is 4. The van der Waals surface area contributed by atoms with Crippen LogP contribution in [0.2, 0.25) is 5.02 Å². The van der Waals surface area contributed by atoms with Gasteiger partial charge >= 0.3 is 0 Å². The van der Waals surface area contributed by atoms with Crippen molar-refractivity contribution in [2.75, 3.05) is 38.6 Å². The predicted molar refractivity (Wildman–Crippen MR) is 108 cm³/mol. The molecular formula is C20H29ClN2O2S. The molecule has 6 heteroatoms. The van der Waals surface area contributed by atoms with E-state index in [9.17, 15) is 4.79 Å². The Bertz CT molecular complexity index is 570. The number of thioether (sulfide) groups is 1. The second-order valence-corrected chi connectivity index (χ2v) is 8.82. The van der Waals surface area contributed by atoms with Crippen LogP contribution in [0.5, 0.6) is 0 Å². The van der Waals surface area contributed by atoms with E-state index in [0.29, 0.717) is 6.42 Å². The first-order valence-corrected chi connectivity index (χ1v) is 11.0. The number of carbonyl (C=O) groups is 1. The van der Waals surface area contributed by atoms with E-state index in [-0.39, 0.29) is 11.4 Å². The summed E-state index contributed by atoms with van der Waals surface area (Å²) in [6.45, 7) is 4.38. The highest BCUT2D eigenvalue weighted by Gasteiger charge is 2.38. The quantitative estimate of drug-likeness (QED) is 0.708. The van der Waals surface area contributed by atoms with Gasteiger partial charge in [0.2, 0.25) is 5.91 Å². The highest BCUT2D eigenvalue weighted by Crippen LogP contribution is 2.34. The lowest BCUT2D eigenvalue weighted by atomic mass is 9.79. The van der Waals surface area contributed by atoms with Crippen LogP contribution in [0.4, 0.5) is 0 Å². The molecule has 0 unspecified atom stereocenters. The van der Waals surface area contributed by atoms with Gasteiger partial charge in [-0.25, -0.2) is 0 Å². The average molecular weight is 397 g/mol. The smallest absolute Gasteiger partial charge is 0.220 e. The first-order valence-electron chi connectivity index (χ1n) is 9.66. The van der Waals surface area contributed by atoms with Gasteiger partial charge in [-0.05, 0) is 37.1 Å². The normalized spacial score (nSPS) is 20.7. The highest BCUT2D eigenvalue weighted by molar-refractivity contribution is 7.99. The number of nitrogens with zero attached hydrogens (tertiary/aromatic N) is 1. The van der Waals surface area contributed by atoms with Gasteiger partial charge in [0, 0.05) is 47.3 Å². The third-order valence-electron chi connectivity index (χ3n) is 5.49. The number of nitrogens with one attached hydrogen (secondary N) is 1. The molecule has 26 heavy (non-hydrogen) atoms. The summed E-state index contributed by atoms with van der Waals surface area (Å²) in [5.41, 5.74) is 0.140. The summed E-state index contributed by atoms with van der Waals surface area (Å²) in [7, 11) is 0. The molecule has 0 radical (unpaired) electrons. The first kappa shape index (κ1) is 20.0. The maximum Gasteiger partial charge on any atom is 0.220 e. The van der Waals surface area contributed by atoms with Crippen LogP contribution >= 0.6 is 23.4 Å². The summed E-state index contributed by atoms with van der Waals surface area (Å²) in [6.07, 6.45) is 6.77. The lowest BCUT2D eigenvalue weighted by Gasteiger charge is -2.48. The Morgan fingerprint density at radius 1 is 1.15 bits per heavy atom. The maximum absolute atomic E-state index is 12.4. The number of hydrogen-bond donors (Lipinski definition) is 1. The number of amides is 1. The lowest BCUT2D eigenvalue weighted by Crippen LogP contribution is -2.59. The number of morpholine rings is 1. The Balaban J connectivity index is 1.45. The van der Waals surface area contributed by atoms with Gasteiger partial charge in [-0.2, -0.15) is 0 Å². The SMILES string of the molecule is O=C(CCSc1ccc(Cl)cc1)NCC1(N2CCOCC2)CCCCC1. The summed E-state index contributed by atoms with van der Waals surface area (Å²) in [5, 5.41) is 3.97. The monoisotopic (exact) mass is 396 g/mol. The zero-order valence-electron chi connectivity index (χ0n) is 15.3. The second-order valence-electron chi connectivity index (χ2n) is 7.21. The fraction of sp³-hybridized carbons (Fsp3) is 0.650. The molecule has 0 aromatic heterocycles. The molecule has 0 spiro atoms. The molecule has 0 atom stereocenters. The summed E-state index contributed by atoms with van der Waals surface area (Å²) in [6, 6.07) is 7.78. The molecule has 4 nitrogen and oxygen atoms in total. The minimum Gasteiger partial charge on any atom is -0.379 e. The van der Waals surface area contributed by atoms with Gasteiger partial charge in [-0.15, -0.1) is 11.8 Å². The van der Waals surface area contributed by atoms with Gasteiger partial charge in [0.15, 0.2) is 0 Å². The summed E-state index contributed by atoms with van der Waals surface area (Å²) in [4.78, 5) is 16.1. The van der Waals surface area contributed by atoms with Crippen LogP contribution < -0.4 is 5.32 Å². The molecule has 1 heterocycles. The lowest BCUT2D eigenvalue weighted by molar-refractivity contribution is -0.122. The number of benzene rings is 1. The van der Waals surface area contributed by atoms with Crippen LogP contribution in [-0.2, 0) is 9.53 Å². The number of ether oxygens (including phenoxy) is 1. The van der Waals surface area contributed by atoms with Crippen molar-refractivity contribution in [1.29, 1.82) is 0 Å². The molecule has 1 saturated carbocycles. The van der Waals surface area contributed by atoms with E-state index < -0.39 is 0 Å². The molecule has 1 aliphatic heterocycles. The Labute approximate surface area is 166 Å². The molecule has 1 aliphatic carbocycles. The van der Waals surface area contributed by atoms with Gasteiger partial charge in [0.25, 0.3) is 0 Å². The van der Waals surface area contributed by atoms with E-state index in [0.717, 1.165) is 48.5 Å². The molecule has 3 rings (SSSR count). The molecule has 144 valence electrons. The van der Waals surface area contributed by atoms with Crippen LogP contribution in [0.1, 0.15) is 38.5 Å². The molecule has 1 aromatic rings. The van der Waals surface area contributed by atoms with Crippen molar-refractivity contribution in [3.63, 3.8) is 0 Å². The molecular weight excluding hydrogens is 368 g/mol. The van der Waals surface area contributed by atoms with Crippen molar-refractivity contribution in [2.24, 2.45) is 0 Å². The Hall–Kier alpha value is -0.750. The molecule has 2 fully saturated rings. The topological polar surface area (TPSA) is 41.6 Å². The van der Waals surface area contributed by atoms with Crippen molar-refractivity contribution >= 4 is 29.3 Å². The van der Waals surface area contributed by atoms with E-state index in [1.165, 1.54) is 32.1 Å². The Kier molecular flexibility index (Phi) is 7.67. The fourth-order valence-electron chi connectivity index (χ4n) is 4.00. The van der Waals surface area contributed by atoms with Crippen molar-refractivity contribution in [2.45, 2.75) is 49.0 Å². The summed E-state index contributed by atoms with van der Waals surface area (Å²) in [5.74, 6) is 0.947. The Morgan fingerprint density at radius 3 is 2.54 bits per heavy atom. The Morgan fingerprint density at radius 2 is 1.85 bits per heavy atom. The van der Waals surface area contributed by atoms with Crippen molar-refractivity contribution in [1.82, 2.24) is 10.2 Å². The zero-order valence-corrected chi connectivity index (χ0v) is 16.9. The standard InChI is InChI=1S/C20H29ClN2O2S/c21-17-4-6-18(7-5-17)26-15-8-19(24)22-16-20(9-2-1-3-10-20)23-11-13-25-14-12-23/h4-7H,1-3,8-16H2,(H,22,24). The number of halogens is 1. The van der Waals surface area contributed by atoms with Crippen LogP contribution in [0.25, 0.3) is 0 Å². The third kappa shape index (κ3) is 5.62. The molecule has 1 saturated heterocycles. The van der Waals surface area contributed by atoms with Crippen LogP contribution in [0.3, 0.4) is 0 Å². The van der Waals surface area contributed by atoms with Gasteiger partial charge in [0.1, 0.15) is 0 Å². The van der Waals surface area contributed by atoms with Crippen LogP contribution in [0.15, 0.2) is 29.2 Å². The maximum atomic E-state index is 12.4. The molecule has 1 N–H and O–H groups in total. The minimum atomic E-state index is 0.140. The molecule has 1 amide bonds. The van der Waals surface area contributed by atoms with Gasteiger partial charge in [-0.3, -0.25) is 9.69 Å². The zero-order chi connectivity index (χ0) is 18.2. The molecule has 0 bridgehead atoms. The average Bonchev–Trinajstić information content (AvgIpc) is 2.69. The largest absolute Gasteiger partial charge is 0.379 e. The fourth-order valence-corrected chi connectivity index (χ4v) is 4.97. The highest BCUT2D eigenvalue weighted by atomic mass is 35.5. The van der Waals surface area contributed by atoms with E-state index >= 15 is 0 Å². The molecule has 1 aromatic carbocycles. The summed E-state index contributed by atoms with van der Waals surface area (Å²) >= 11 is 7.60. The first-order chi connectivity index (χ1) is 12.7. The van der Waals surface area contributed by atoms with E-state index in [1.807, 2.05) is 24.3 Å². The van der Waals surface area contributed by atoms with Gasteiger partial charge < -0.3 is 10.1 Å². The van der Waals surface area contributed by atoms with Crippen LogP contribution in [-0.4, -0.2) is 54.9 Å². The number of carbonyl (C=O) groups excluding carboxylic acids is 1.